The van der Waals surface area contributed by atoms with Gasteiger partial charge in [0, 0.05) is 6.54 Å². The predicted molar refractivity (Wildman–Crippen MR) is 78.2 cm³/mol. The maximum absolute atomic E-state index is 11.7. The molecule has 0 aliphatic heterocycles. The molecule has 0 aromatic heterocycles. The summed E-state index contributed by atoms with van der Waals surface area (Å²) >= 11 is 0. The second-order valence-electron chi connectivity index (χ2n) is 5.73. The highest BCUT2D eigenvalue weighted by Gasteiger charge is 2.20. The number of nitrogens with zero attached hydrogens (tertiary/aromatic N) is 1. The third kappa shape index (κ3) is 6.39. The van der Waals surface area contributed by atoms with Crippen LogP contribution in [0.1, 0.15) is 45.4 Å². The lowest BCUT2D eigenvalue weighted by atomic mass is 10.1. The number of ether oxygens (including phenoxy) is 1. The molecule has 1 aliphatic rings. The molecule has 1 rings (SSSR count). The standard InChI is InChI=1S/C15H30N2O2/c1-4-10-16-14(15(18)19-3)9-11-17(2)12-13-7-5-6-8-13/h13-14,16H,4-12H2,1-3H3. The van der Waals surface area contributed by atoms with Gasteiger partial charge in [-0.2, -0.15) is 0 Å². The molecule has 1 N–H and O–H groups in total. The van der Waals surface area contributed by atoms with Crippen LogP contribution in [0.2, 0.25) is 0 Å². The number of carbonyl (C=O) groups excluding carboxylic acids is 1. The van der Waals surface area contributed by atoms with Gasteiger partial charge in [-0.25, -0.2) is 0 Å². The van der Waals surface area contributed by atoms with E-state index in [1.165, 1.54) is 39.3 Å². The molecule has 1 saturated carbocycles. The maximum atomic E-state index is 11.7. The fraction of sp³-hybridized carbons (Fsp3) is 0.933. The zero-order valence-corrected chi connectivity index (χ0v) is 12.8. The molecule has 0 bridgehead atoms. The Bertz CT molecular complexity index is 253. The Labute approximate surface area is 117 Å². The number of esters is 1. The summed E-state index contributed by atoms with van der Waals surface area (Å²) < 4.78 is 4.86. The summed E-state index contributed by atoms with van der Waals surface area (Å²) in [5.41, 5.74) is 0. The summed E-state index contributed by atoms with van der Waals surface area (Å²) in [6.45, 7) is 5.09. The van der Waals surface area contributed by atoms with Crippen molar-refractivity contribution in [1.29, 1.82) is 0 Å². The molecule has 4 heteroatoms. The molecule has 1 unspecified atom stereocenters. The largest absolute Gasteiger partial charge is 0.468 e. The van der Waals surface area contributed by atoms with E-state index in [1.807, 2.05) is 0 Å². The van der Waals surface area contributed by atoms with Gasteiger partial charge in [0.25, 0.3) is 0 Å². The first-order valence-corrected chi connectivity index (χ1v) is 7.67. The number of carbonyl (C=O) groups is 1. The Kier molecular flexibility index (Phi) is 8.07. The van der Waals surface area contributed by atoms with E-state index < -0.39 is 0 Å². The van der Waals surface area contributed by atoms with E-state index in [2.05, 4.69) is 24.2 Å². The normalized spacial score (nSPS) is 17.9. The van der Waals surface area contributed by atoms with Crippen molar-refractivity contribution in [3.8, 4) is 0 Å². The Morgan fingerprint density at radius 1 is 1.42 bits per heavy atom. The first-order valence-electron chi connectivity index (χ1n) is 7.67. The van der Waals surface area contributed by atoms with Gasteiger partial charge in [0.1, 0.15) is 6.04 Å². The van der Waals surface area contributed by atoms with Gasteiger partial charge in [-0.15, -0.1) is 0 Å². The monoisotopic (exact) mass is 270 g/mol. The molecule has 0 spiro atoms. The van der Waals surface area contributed by atoms with Crippen LogP contribution in [0.3, 0.4) is 0 Å². The van der Waals surface area contributed by atoms with E-state index in [4.69, 9.17) is 4.74 Å². The van der Waals surface area contributed by atoms with Crippen molar-refractivity contribution in [2.45, 2.75) is 51.5 Å². The second-order valence-corrected chi connectivity index (χ2v) is 5.73. The predicted octanol–water partition coefficient (Wildman–Crippen LogP) is 2.04. The average Bonchev–Trinajstić information content (AvgIpc) is 2.90. The van der Waals surface area contributed by atoms with Crippen LogP contribution in [0.5, 0.6) is 0 Å². The van der Waals surface area contributed by atoms with Crippen LogP contribution in [-0.4, -0.2) is 50.7 Å². The van der Waals surface area contributed by atoms with E-state index in [0.717, 1.165) is 31.8 Å². The van der Waals surface area contributed by atoms with E-state index in [0.29, 0.717) is 0 Å². The van der Waals surface area contributed by atoms with Crippen LogP contribution in [-0.2, 0) is 9.53 Å². The summed E-state index contributed by atoms with van der Waals surface area (Å²) in [6, 6.07) is -0.157. The molecule has 0 saturated heterocycles. The first kappa shape index (κ1) is 16.4. The number of nitrogens with one attached hydrogen (secondary N) is 1. The van der Waals surface area contributed by atoms with Gasteiger partial charge in [0.2, 0.25) is 0 Å². The fourth-order valence-corrected chi connectivity index (χ4v) is 2.84. The Balaban J connectivity index is 2.26. The molecule has 19 heavy (non-hydrogen) atoms. The molecule has 1 aliphatic carbocycles. The summed E-state index contributed by atoms with van der Waals surface area (Å²) in [5, 5.41) is 3.27. The summed E-state index contributed by atoms with van der Waals surface area (Å²) in [4.78, 5) is 14.0. The zero-order chi connectivity index (χ0) is 14.1. The minimum atomic E-state index is -0.157. The molecular weight excluding hydrogens is 240 g/mol. The number of methoxy groups -OCH3 is 1. The van der Waals surface area contributed by atoms with Crippen LogP contribution in [0.25, 0.3) is 0 Å². The molecule has 0 amide bonds. The van der Waals surface area contributed by atoms with Crippen molar-refractivity contribution < 1.29 is 9.53 Å². The number of hydrogen-bond acceptors (Lipinski definition) is 4. The van der Waals surface area contributed by atoms with Crippen LogP contribution in [0.15, 0.2) is 0 Å². The fourth-order valence-electron chi connectivity index (χ4n) is 2.84. The lowest BCUT2D eigenvalue weighted by Gasteiger charge is -2.23. The summed E-state index contributed by atoms with van der Waals surface area (Å²) in [5.74, 6) is 0.730. The van der Waals surface area contributed by atoms with Crippen LogP contribution in [0.4, 0.5) is 0 Å². The van der Waals surface area contributed by atoms with Gasteiger partial charge in [-0.3, -0.25) is 4.79 Å². The van der Waals surface area contributed by atoms with E-state index in [-0.39, 0.29) is 12.0 Å². The highest BCUT2D eigenvalue weighted by atomic mass is 16.5. The third-order valence-electron chi connectivity index (χ3n) is 3.97. The third-order valence-corrected chi connectivity index (χ3v) is 3.97. The SMILES string of the molecule is CCCNC(CCN(C)CC1CCCC1)C(=O)OC. The Morgan fingerprint density at radius 2 is 2.11 bits per heavy atom. The molecule has 0 radical (unpaired) electrons. The lowest BCUT2D eigenvalue weighted by molar-refractivity contribution is -0.143. The number of rotatable bonds is 9. The van der Waals surface area contributed by atoms with Gasteiger partial charge >= 0.3 is 5.97 Å². The van der Waals surface area contributed by atoms with Crippen LogP contribution < -0.4 is 5.32 Å². The van der Waals surface area contributed by atoms with Crippen molar-refractivity contribution in [2.75, 3.05) is 33.8 Å². The van der Waals surface area contributed by atoms with E-state index in [1.54, 1.807) is 0 Å². The minimum Gasteiger partial charge on any atom is -0.468 e. The van der Waals surface area contributed by atoms with Gasteiger partial charge in [0.05, 0.1) is 7.11 Å². The van der Waals surface area contributed by atoms with Gasteiger partial charge in [-0.05, 0) is 51.7 Å². The minimum absolute atomic E-state index is 0.136. The smallest absolute Gasteiger partial charge is 0.322 e. The van der Waals surface area contributed by atoms with E-state index >= 15 is 0 Å². The Morgan fingerprint density at radius 3 is 2.68 bits per heavy atom. The summed E-state index contributed by atoms with van der Waals surface area (Å²) in [6.07, 6.45) is 7.39. The number of hydrogen-bond donors (Lipinski definition) is 1. The lowest BCUT2D eigenvalue weighted by Crippen LogP contribution is -2.41. The maximum Gasteiger partial charge on any atom is 0.322 e. The van der Waals surface area contributed by atoms with Gasteiger partial charge in [0.15, 0.2) is 0 Å². The molecule has 0 heterocycles. The van der Waals surface area contributed by atoms with Crippen molar-refractivity contribution in [3.63, 3.8) is 0 Å². The average molecular weight is 270 g/mol. The van der Waals surface area contributed by atoms with Crippen molar-refractivity contribution in [3.05, 3.63) is 0 Å². The van der Waals surface area contributed by atoms with Crippen LogP contribution in [0, 0.1) is 5.92 Å². The first-order chi connectivity index (χ1) is 9.17. The molecule has 4 nitrogen and oxygen atoms in total. The van der Waals surface area contributed by atoms with Crippen molar-refractivity contribution in [2.24, 2.45) is 5.92 Å². The Hall–Kier alpha value is -0.610. The van der Waals surface area contributed by atoms with E-state index in [9.17, 15) is 4.79 Å². The topological polar surface area (TPSA) is 41.6 Å². The van der Waals surface area contributed by atoms with Crippen molar-refractivity contribution >= 4 is 5.97 Å². The highest BCUT2D eigenvalue weighted by Crippen LogP contribution is 2.25. The quantitative estimate of drug-likeness (QED) is 0.651. The molecule has 0 aromatic carbocycles. The molecular formula is C15H30N2O2. The second kappa shape index (κ2) is 9.32. The molecule has 1 atom stereocenters. The molecule has 0 aromatic rings. The molecule has 1 fully saturated rings. The highest BCUT2D eigenvalue weighted by molar-refractivity contribution is 5.75. The van der Waals surface area contributed by atoms with Gasteiger partial charge in [-0.1, -0.05) is 19.8 Å². The molecule has 112 valence electrons. The van der Waals surface area contributed by atoms with Gasteiger partial charge < -0.3 is 15.0 Å². The van der Waals surface area contributed by atoms with Crippen LogP contribution >= 0.6 is 0 Å². The zero-order valence-electron chi connectivity index (χ0n) is 12.8. The summed E-state index contributed by atoms with van der Waals surface area (Å²) in [7, 11) is 3.62. The van der Waals surface area contributed by atoms with Crippen molar-refractivity contribution in [1.82, 2.24) is 10.2 Å².